The van der Waals surface area contributed by atoms with Gasteiger partial charge in [-0.3, -0.25) is 14.4 Å². The lowest BCUT2D eigenvalue weighted by Crippen LogP contribution is -2.32. The van der Waals surface area contributed by atoms with E-state index in [0.29, 0.717) is 22.3 Å². The van der Waals surface area contributed by atoms with Crippen LogP contribution >= 0.6 is 22.9 Å². The van der Waals surface area contributed by atoms with E-state index in [4.69, 9.17) is 11.6 Å². The van der Waals surface area contributed by atoms with Gasteiger partial charge in [-0.25, -0.2) is 4.98 Å². The summed E-state index contributed by atoms with van der Waals surface area (Å²) in [6.07, 6.45) is 0. The van der Waals surface area contributed by atoms with E-state index in [-0.39, 0.29) is 24.3 Å². The first-order chi connectivity index (χ1) is 14.4. The molecule has 2 aromatic carbocycles. The van der Waals surface area contributed by atoms with Crippen molar-refractivity contribution in [2.45, 2.75) is 13.5 Å². The Labute approximate surface area is 182 Å². The predicted molar refractivity (Wildman–Crippen MR) is 117 cm³/mol. The molecule has 0 aliphatic rings. The fourth-order valence-corrected chi connectivity index (χ4v) is 3.37. The average molecular weight is 443 g/mol. The molecule has 1 heterocycles. The third-order valence-electron chi connectivity index (χ3n) is 4.06. The molecule has 154 valence electrons. The lowest BCUT2D eigenvalue weighted by atomic mass is 10.1. The zero-order valence-corrected chi connectivity index (χ0v) is 17.6. The molecule has 0 radical (unpaired) electrons. The number of halogens is 1. The Balaban J connectivity index is 1.52. The van der Waals surface area contributed by atoms with E-state index in [2.05, 4.69) is 20.9 Å². The number of nitrogens with zero attached hydrogens (tertiary/aromatic N) is 1. The van der Waals surface area contributed by atoms with E-state index in [1.807, 2.05) is 29.6 Å². The first-order valence-corrected chi connectivity index (χ1v) is 10.3. The minimum atomic E-state index is -0.371. The van der Waals surface area contributed by atoms with Crippen LogP contribution in [0.1, 0.15) is 22.8 Å². The topological polar surface area (TPSA) is 100 Å². The summed E-state index contributed by atoms with van der Waals surface area (Å²) in [5.41, 5.74) is 3.03. The Kier molecular flexibility index (Phi) is 7.16. The van der Waals surface area contributed by atoms with Crippen LogP contribution in [-0.2, 0) is 16.1 Å². The summed E-state index contributed by atoms with van der Waals surface area (Å²) in [7, 11) is 0. The highest BCUT2D eigenvalue weighted by atomic mass is 35.5. The molecule has 0 atom stereocenters. The summed E-state index contributed by atoms with van der Waals surface area (Å²) in [6, 6.07) is 14.0. The highest BCUT2D eigenvalue weighted by Crippen LogP contribution is 2.25. The summed E-state index contributed by atoms with van der Waals surface area (Å²) in [4.78, 5) is 39.5. The number of carbonyl (C=O) groups excluding carboxylic acids is 3. The number of hydrogen-bond acceptors (Lipinski definition) is 5. The van der Waals surface area contributed by atoms with Crippen molar-refractivity contribution in [1.29, 1.82) is 0 Å². The monoisotopic (exact) mass is 442 g/mol. The fourth-order valence-electron chi connectivity index (χ4n) is 2.51. The molecule has 0 aliphatic heterocycles. The number of aromatic nitrogens is 1. The normalized spacial score (nSPS) is 10.3. The van der Waals surface area contributed by atoms with Gasteiger partial charge in [0.25, 0.3) is 5.91 Å². The van der Waals surface area contributed by atoms with Crippen molar-refractivity contribution in [3.63, 3.8) is 0 Å². The SMILES string of the molecule is CC(=O)NCc1ccc(-c2csc(NC(=O)CNC(=O)c3ccc(Cl)cc3)n2)cc1. The fraction of sp³-hybridized carbons (Fsp3) is 0.143. The summed E-state index contributed by atoms with van der Waals surface area (Å²) < 4.78 is 0. The minimum Gasteiger partial charge on any atom is -0.352 e. The molecule has 30 heavy (non-hydrogen) atoms. The van der Waals surface area contributed by atoms with E-state index in [1.54, 1.807) is 24.3 Å². The number of anilines is 1. The highest BCUT2D eigenvalue weighted by molar-refractivity contribution is 7.14. The van der Waals surface area contributed by atoms with Gasteiger partial charge in [0.2, 0.25) is 11.8 Å². The number of carbonyl (C=O) groups is 3. The van der Waals surface area contributed by atoms with E-state index in [9.17, 15) is 14.4 Å². The average Bonchev–Trinajstić information content (AvgIpc) is 3.19. The molecule has 7 nitrogen and oxygen atoms in total. The van der Waals surface area contributed by atoms with Crippen molar-refractivity contribution in [2.75, 3.05) is 11.9 Å². The maximum absolute atomic E-state index is 12.1. The van der Waals surface area contributed by atoms with Crippen LogP contribution in [0.25, 0.3) is 11.3 Å². The van der Waals surface area contributed by atoms with Crippen LogP contribution in [-0.4, -0.2) is 29.3 Å². The van der Waals surface area contributed by atoms with Crippen molar-refractivity contribution in [3.8, 4) is 11.3 Å². The van der Waals surface area contributed by atoms with Crippen LogP contribution in [0.4, 0.5) is 5.13 Å². The van der Waals surface area contributed by atoms with Crippen LogP contribution in [0.3, 0.4) is 0 Å². The Bertz CT molecular complexity index is 1050. The lowest BCUT2D eigenvalue weighted by Gasteiger charge is -2.05. The van der Waals surface area contributed by atoms with Crippen molar-refractivity contribution in [3.05, 3.63) is 70.1 Å². The molecule has 3 aromatic rings. The second kappa shape index (κ2) is 10.00. The van der Waals surface area contributed by atoms with Crippen LogP contribution in [0.5, 0.6) is 0 Å². The molecule has 3 amide bonds. The predicted octanol–water partition coefficient (Wildman–Crippen LogP) is 3.47. The van der Waals surface area contributed by atoms with E-state index in [1.165, 1.54) is 18.3 Å². The van der Waals surface area contributed by atoms with Crippen LogP contribution in [0, 0.1) is 0 Å². The molecule has 0 bridgehead atoms. The minimum absolute atomic E-state index is 0.0803. The van der Waals surface area contributed by atoms with E-state index >= 15 is 0 Å². The Morgan fingerprint density at radius 1 is 1.00 bits per heavy atom. The van der Waals surface area contributed by atoms with Crippen LogP contribution < -0.4 is 16.0 Å². The van der Waals surface area contributed by atoms with Crippen molar-refractivity contribution in [2.24, 2.45) is 0 Å². The van der Waals surface area contributed by atoms with Gasteiger partial charge in [-0.1, -0.05) is 35.9 Å². The van der Waals surface area contributed by atoms with Crippen molar-refractivity contribution < 1.29 is 14.4 Å². The van der Waals surface area contributed by atoms with Crippen LogP contribution in [0.2, 0.25) is 5.02 Å². The second-order valence-corrected chi connectivity index (χ2v) is 7.68. The lowest BCUT2D eigenvalue weighted by molar-refractivity contribution is -0.119. The first kappa shape index (κ1) is 21.5. The summed E-state index contributed by atoms with van der Waals surface area (Å²) >= 11 is 7.09. The first-order valence-electron chi connectivity index (χ1n) is 9.03. The van der Waals surface area contributed by atoms with Crippen molar-refractivity contribution in [1.82, 2.24) is 15.6 Å². The quantitative estimate of drug-likeness (QED) is 0.521. The summed E-state index contributed by atoms with van der Waals surface area (Å²) in [5, 5.41) is 10.8. The third kappa shape index (κ3) is 6.13. The van der Waals surface area contributed by atoms with E-state index in [0.717, 1.165) is 16.8 Å². The maximum atomic E-state index is 12.1. The van der Waals surface area contributed by atoms with Crippen LogP contribution in [0.15, 0.2) is 53.9 Å². The molecule has 0 saturated carbocycles. The standard InChI is InChI=1S/C21H19ClN4O3S/c1-13(27)23-10-14-2-4-15(5-3-14)18-12-30-21(25-18)26-19(28)11-24-20(29)16-6-8-17(22)9-7-16/h2-9,12H,10-11H2,1H3,(H,23,27)(H,24,29)(H,25,26,28). The van der Waals surface area contributed by atoms with Gasteiger partial charge in [0.15, 0.2) is 5.13 Å². The van der Waals surface area contributed by atoms with Crippen molar-refractivity contribution >= 4 is 45.8 Å². The zero-order valence-electron chi connectivity index (χ0n) is 16.1. The molecule has 3 rings (SSSR count). The number of amides is 3. The molecular weight excluding hydrogens is 424 g/mol. The summed E-state index contributed by atoms with van der Waals surface area (Å²) in [6.45, 7) is 1.77. The van der Waals surface area contributed by atoms with Gasteiger partial charge in [-0.2, -0.15) is 0 Å². The third-order valence-corrected chi connectivity index (χ3v) is 5.07. The van der Waals surface area contributed by atoms with Gasteiger partial charge in [-0.15, -0.1) is 11.3 Å². The number of nitrogens with one attached hydrogen (secondary N) is 3. The molecule has 1 aromatic heterocycles. The maximum Gasteiger partial charge on any atom is 0.251 e. The number of hydrogen-bond donors (Lipinski definition) is 3. The molecule has 0 aliphatic carbocycles. The summed E-state index contributed by atoms with van der Waals surface area (Å²) in [5.74, 6) is -0.812. The number of rotatable bonds is 7. The van der Waals surface area contributed by atoms with Gasteiger partial charge >= 0.3 is 0 Å². The van der Waals surface area contributed by atoms with Gasteiger partial charge in [0.05, 0.1) is 12.2 Å². The molecule has 3 N–H and O–H groups in total. The van der Waals surface area contributed by atoms with Gasteiger partial charge in [0, 0.05) is 35.0 Å². The number of benzene rings is 2. The van der Waals surface area contributed by atoms with Gasteiger partial charge in [0.1, 0.15) is 0 Å². The van der Waals surface area contributed by atoms with Gasteiger partial charge < -0.3 is 16.0 Å². The Morgan fingerprint density at radius 2 is 1.70 bits per heavy atom. The smallest absolute Gasteiger partial charge is 0.251 e. The zero-order chi connectivity index (χ0) is 21.5. The Morgan fingerprint density at radius 3 is 2.37 bits per heavy atom. The Hall–Kier alpha value is -3.23. The van der Waals surface area contributed by atoms with E-state index < -0.39 is 0 Å². The molecular formula is C21H19ClN4O3S. The molecule has 0 saturated heterocycles. The molecule has 0 fully saturated rings. The largest absolute Gasteiger partial charge is 0.352 e. The molecule has 0 unspecified atom stereocenters. The molecule has 9 heteroatoms. The molecule has 0 spiro atoms. The second-order valence-electron chi connectivity index (χ2n) is 6.38. The van der Waals surface area contributed by atoms with Gasteiger partial charge in [-0.05, 0) is 29.8 Å². The highest BCUT2D eigenvalue weighted by Gasteiger charge is 2.11. The number of thiazole rings is 1.